The standard InChI is InChI=1S/C13H27NO2/c1-10(2)6-5-7-13(3,4)9-11(14)8-12(15)16/h10-11H,5-9,14H2,1-4H3,(H,15,16)/t11-/m1/s1. The Morgan fingerprint density at radius 2 is 1.94 bits per heavy atom. The van der Waals surface area contributed by atoms with E-state index < -0.39 is 5.97 Å². The molecule has 0 fully saturated rings. The van der Waals surface area contributed by atoms with Crippen molar-refractivity contribution >= 4 is 5.97 Å². The molecule has 1 atom stereocenters. The topological polar surface area (TPSA) is 63.3 Å². The van der Waals surface area contributed by atoms with Crippen molar-refractivity contribution in [3.63, 3.8) is 0 Å². The second kappa shape index (κ2) is 6.89. The fourth-order valence-electron chi connectivity index (χ4n) is 2.10. The van der Waals surface area contributed by atoms with Gasteiger partial charge in [0, 0.05) is 6.04 Å². The van der Waals surface area contributed by atoms with Crippen molar-refractivity contribution in [2.24, 2.45) is 17.1 Å². The van der Waals surface area contributed by atoms with E-state index in [0.29, 0.717) is 0 Å². The van der Waals surface area contributed by atoms with Gasteiger partial charge in [-0.3, -0.25) is 4.79 Å². The van der Waals surface area contributed by atoms with Gasteiger partial charge < -0.3 is 10.8 Å². The highest BCUT2D eigenvalue weighted by atomic mass is 16.4. The summed E-state index contributed by atoms with van der Waals surface area (Å²) in [6.07, 6.45) is 4.42. The summed E-state index contributed by atoms with van der Waals surface area (Å²) in [5, 5.41) is 8.65. The van der Waals surface area contributed by atoms with Crippen molar-refractivity contribution < 1.29 is 9.90 Å². The summed E-state index contributed by atoms with van der Waals surface area (Å²) < 4.78 is 0. The second-order valence-electron chi connectivity index (χ2n) is 6.01. The Bertz CT molecular complexity index is 212. The van der Waals surface area contributed by atoms with E-state index in [2.05, 4.69) is 27.7 Å². The molecule has 0 heterocycles. The zero-order chi connectivity index (χ0) is 12.8. The highest BCUT2D eigenvalue weighted by Gasteiger charge is 2.22. The van der Waals surface area contributed by atoms with Crippen LogP contribution in [-0.4, -0.2) is 17.1 Å². The third kappa shape index (κ3) is 8.72. The molecular formula is C13H27NO2. The maximum absolute atomic E-state index is 10.5. The third-order valence-electron chi connectivity index (χ3n) is 2.89. The van der Waals surface area contributed by atoms with Crippen LogP contribution >= 0.6 is 0 Å². The van der Waals surface area contributed by atoms with Gasteiger partial charge in [-0.25, -0.2) is 0 Å². The second-order valence-corrected chi connectivity index (χ2v) is 6.01. The van der Waals surface area contributed by atoms with Crippen molar-refractivity contribution in [3.05, 3.63) is 0 Å². The van der Waals surface area contributed by atoms with Crippen molar-refractivity contribution in [2.75, 3.05) is 0 Å². The van der Waals surface area contributed by atoms with Crippen LogP contribution in [-0.2, 0) is 4.79 Å². The van der Waals surface area contributed by atoms with E-state index in [9.17, 15) is 4.79 Å². The average molecular weight is 229 g/mol. The number of carboxylic acids is 1. The molecule has 0 aliphatic rings. The van der Waals surface area contributed by atoms with Gasteiger partial charge >= 0.3 is 5.97 Å². The van der Waals surface area contributed by atoms with Crippen LogP contribution in [0.5, 0.6) is 0 Å². The molecule has 3 heteroatoms. The number of nitrogens with two attached hydrogens (primary N) is 1. The third-order valence-corrected chi connectivity index (χ3v) is 2.89. The Balaban J connectivity index is 3.88. The van der Waals surface area contributed by atoms with E-state index in [1.54, 1.807) is 0 Å². The number of hydrogen-bond acceptors (Lipinski definition) is 2. The number of carboxylic acid groups (broad SMARTS) is 1. The molecule has 16 heavy (non-hydrogen) atoms. The molecule has 3 nitrogen and oxygen atoms in total. The Morgan fingerprint density at radius 3 is 2.38 bits per heavy atom. The van der Waals surface area contributed by atoms with Crippen molar-refractivity contribution in [3.8, 4) is 0 Å². The molecular weight excluding hydrogens is 202 g/mol. The van der Waals surface area contributed by atoms with Gasteiger partial charge in [0.15, 0.2) is 0 Å². The Labute approximate surface area is 99.4 Å². The van der Waals surface area contributed by atoms with Crippen LogP contribution in [0.1, 0.15) is 59.8 Å². The predicted molar refractivity (Wildman–Crippen MR) is 67.3 cm³/mol. The van der Waals surface area contributed by atoms with Crippen LogP contribution in [0, 0.1) is 11.3 Å². The van der Waals surface area contributed by atoms with Gasteiger partial charge in [-0.1, -0.05) is 40.5 Å². The van der Waals surface area contributed by atoms with Gasteiger partial charge in [0.05, 0.1) is 6.42 Å². The summed E-state index contributed by atoms with van der Waals surface area (Å²) in [7, 11) is 0. The van der Waals surface area contributed by atoms with E-state index >= 15 is 0 Å². The molecule has 0 saturated heterocycles. The zero-order valence-corrected chi connectivity index (χ0v) is 11.1. The first-order chi connectivity index (χ1) is 7.23. The molecule has 3 N–H and O–H groups in total. The van der Waals surface area contributed by atoms with Gasteiger partial charge in [0.25, 0.3) is 0 Å². The maximum atomic E-state index is 10.5. The molecule has 0 aromatic heterocycles. The number of aliphatic carboxylic acids is 1. The van der Waals surface area contributed by atoms with Crippen molar-refractivity contribution in [1.29, 1.82) is 0 Å². The number of hydrogen-bond donors (Lipinski definition) is 2. The molecule has 0 unspecified atom stereocenters. The van der Waals surface area contributed by atoms with Gasteiger partial charge in [-0.2, -0.15) is 0 Å². The quantitative estimate of drug-likeness (QED) is 0.672. The summed E-state index contributed by atoms with van der Waals surface area (Å²) in [5.41, 5.74) is 5.97. The van der Waals surface area contributed by atoms with E-state index in [1.165, 1.54) is 12.8 Å². The molecule has 96 valence electrons. The molecule has 0 saturated carbocycles. The van der Waals surface area contributed by atoms with Crippen LogP contribution in [0.3, 0.4) is 0 Å². The van der Waals surface area contributed by atoms with Gasteiger partial charge in [-0.05, 0) is 24.2 Å². The lowest BCUT2D eigenvalue weighted by atomic mass is 9.80. The average Bonchev–Trinajstić information content (AvgIpc) is 1.98. The molecule has 0 radical (unpaired) electrons. The fourth-order valence-corrected chi connectivity index (χ4v) is 2.10. The van der Waals surface area contributed by atoms with Crippen molar-refractivity contribution in [2.45, 2.75) is 65.8 Å². The Hall–Kier alpha value is -0.570. The summed E-state index contributed by atoms with van der Waals surface area (Å²) in [5.74, 6) is -0.0611. The largest absolute Gasteiger partial charge is 0.481 e. The SMILES string of the molecule is CC(C)CCCC(C)(C)C[C@H](N)CC(=O)O. The van der Waals surface area contributed by atoms with Crippen molar-refractivity contribution in [1.82, 2.24) is 0 Å². The van der Waals surface area contributed by atoms with Crippen LogP contribution in [0.2, 0.25) is 0 Å². The molecule has 0 aliphatic carbocycles. The maximum Gasteiger partial charge on any atom is 0.304 e. The number of carbonyl (C=O) groups is 1. The van der Waals surface area contributed by atoms with Gasteiger partial charge in [0.2, 0.25) is 0 Å². The van der Waals surface area contributed by atoms with Crippen LogP contribution in [0.4, 0.5) is 0 Å². The lowest BCUT2D eigenvalue weighted by molar-refractivity contribution is -0.137. The Morgan fingerprint density at radius 1 is 1.38 bits per heavy atom. The van der Waals surface area contributed by atoms with Crippen LogP contribution in [0.15, 0.2) is 0 Å². The van der Waals surface area contributed by atoms with E-state index in [-0.39, 0.29) is 17.9 Å². The van der Waals surface area contributed by atoms with E-state index in [4.69, 9.17) is 10.8 Å². The fraction of sp³-hybridized carbons (Fsp3) is 0.923. The Kier molecular flexibility index (Phi) is 6.65. The summed E-state index contributed by atoms with van der Waals surface area (Å²) in [6, 6.07) is -0.216. The zero-order valence-electron chi connectivity index (χ0n) is 11.1. The van der Waals surface area contributed by atoms with Crippen LogP contribution < -0.4 is 5.73 Å². The summed E-state index contributed by atoms with van der Waals surface area (Å²) in [6.45, 7) is 8.80. The van der Waals surface area contributed by atoms with Gasteiger partial charge in [0.1, 0.15) is 0 Å². The summed E-state index contributed by atoms with van der Waals surface area (Å²) >= 11 is 0. The molecule has 0 spiro atoms. The minimum absolute atomic E-state index is 0.0770. The minimum atomic E-state index is -0.800. The van der Waals surface area contributed by atoms with E-state index in [0.717, 1.165) is 18.8 Å². The monoisotopic (exact) mass is 229 g/mol. The van der Waals surface area contributed by atoms with Crippen LogP contribution in [0.25, 0.3) is 0 Å². The molecule has 0 aliphatic heterocycles. The first-order valence-corrected chi connectivity index (χ1v) is 6.20. The highest BCUT2D eigenvalue weighted by molar-refractivity contribution is 5.67. The lowest BCUT2D eigenvalue weighted by Crippen LogP contribution is -2.30. The smallest absolute Gasteiger partial charge is 0.304 e. The molecule has 0 amide bonds. The highest BCUT2D eigenvalue weighted by Crippen LogP contribution is 2.29. The first-order valence-electron chi connectivity index (χ1n) is 6.20. The lowest BCUT2D eigenvalue weighted by Gasteiger charge is -2.27. The first kappa shape index (κ1) is 15.4. The van der Waals surface area contributed by atoms with E-state index in [1.807, 2.05) is 0 Å². The minimum Gasteiger partial charge on any atom is -0.481 e. The molecule has 0 aromatic carbocycles. The molecule has 0 rings (SSSR count). The predicted octanol–water partition coefficient (Wildman–Crippen LogP) is 3.03. The van der Waals surface area contributed by atoms with Gasteiger partial charge in [-0.15, -0.1) is 0 Å². The molecule has 0 aromatic rings. The normalized spacial score (nSPS) is 14.1. The summed E-state index contributed by atoms with van der Waals surface area (Å²) in [4.78, 5) is 10.5. The number of rotatable bonds is 8. The molecule has 0 bridgehead atoms.